The zero-order valence-corrected chi connectivity index (χ0v) is 27.0. The largest absolute Gasteiger partial charge is 0.495 e. The number of rotatable bonds is 11. The molecule has 0 aliphatic heterocycles. The Morgan fingerprint density at radius 3 is 2.31 bits per heavy atom. The van der Waals surface area contributed by atoms with Gasteiger partial charge in [0, 0.05) is 22.1 Å². The first-order valence-electron chi connectivity index (χ1n) is 13.8. The summed E-state index contributed by atoms with van der Waals surface area (Å²) in [5.74, 6) is -0.597. The van der Waals surface area contributed by atoms with Crippen LogP contribution in [0.3, 0.4) is 0 Å². The number of aryl methyl sites for hydroxylation is 1. The molecule has 0 heterocycles. The first-order valence-corrected chi connectivity index (χ1v) is 16.4. The van der Waals surface area contributed by atoms with Crippen LogP contribution < -0.4 is 14.4 Å². The molecule has 0 radical (unpaired) electrons. The molecule has 1 fully saturated rings. The van der Waals surface area contributed by atoms with Gasteiger partial charge in [-0.3, -0.25) is 13.9 Å². The normalized spacial score (nSPS) is 14.3. The lowest BCUT2D eigenvalue weighted by Crippen LogP contribution is -2.52. The summed E-state index contributed by atoms with van der Waals surface area (Å²) in [5.41, 5.74) is 1.80. The smallest absolute Gasteiger partial charge is 0.264 e. The van der Waals surface area contributed by atoms with Crippen molar-refractivity contribution in [3.63, 3.8) is 0 Å². The first kappa shape index (κ1) is 31.8. The second kappa shape index (κ2) is 13.9. The number of carbonyl (C=O) groups is 2. The van der Waals surface area contributed by atoms with Gasteiger partial charge in [-0.1, -0.05) is 70.2 Å². The van der Waals surface area contributed by atoms with Crippen molar-refractivity contribution in [1.82, 2.24) is 10.2 Å². The highest BCUT2D eigenvalue weighted by atomic mass is 79.9. The Hall–Kier alpha value is -3.08. The summed E-state index contributed by atoms with van der Waals surface area (Å²) in [5, 5.41) is 3.35. The number of carbonyl (C=O) groups excluding carboxylic acids is 2. The van der Waals surface area contributed by atoms with Crippen LogP contribution in [0.25, 0.3) is 0 Å². The Morgan fingerprint density at radius 2 is 1.69 bits per heavy atom. The molecule has 1 aliphatic rings. The van der Waals surface area contributed by atoms with E-state index in [4.69, 9.17) is 16.3 Å². The summed E-state index contributed by atoms with van der Waals surface area (Å²) in [6, 6.07) is 17.6. The van der Waals surface area contributed by atoms with Crippen molar-refractivity contribution in [2.24, 2.45) is 0 Å². The van der Waals surface area contributed by atoms with Crippen LogP contribution in [0.4, 0.5) is 5.69 Å². The fraction of sp³-hybridized carbons (Fsp3) is 0.355. The topological polar surface area (TPSA) is 96.0 Å². The van der Waals surface area contributed by atoms with Crippen molar-refractivity contribution in [2.75, 3.05) is 18.0 Å². The van der Waals surface area contributed by atoms with Gasteiger partial charge in [0.25, 0.3) is 10.0 Å². The van der Waals surface area contributed by atoms with E-state index in [1.807, 2.05) is 31.2 Å². The van der Waals surface area contributed by atoms with E-state index in [2.05, 4.69) is 21.2 Å². The monoisotopic (exact) mass is 675 g/mol. The minimum absolute atomic E-state index is 0.00872. The summed E-state index contributed by atoms with van der Waals surface area (Å²) in [6.07, 6.45) is 3.90. The third kappa shape index (κ3) is 7.65. The van der Waals surface area contributed by atoms with Crippen molar-refractivity contribution in [3.05, 3.63) is 87.4 Å². The lowest BCUT2D eigenvalue weighted by atomic mass is 10.1. The molecule has 1 aliphatic carbocycles. The lowest BCUT2D eigenvalue weighted by Gasteiger charge is -2.33. The number of hydrogen-bond donors (Lipinski definition) is 1. The fourth-order valence-electron chi connectivity index (χ4n) is 4.97. The molecule has 0 unspecified atom stereocenters. The van der Waals surface area contributed by atoms with E-state index in [1.54, 1.807) is 31.2 Å². The third-order valence-electron chi connectivity index (χ3n) is 7.43. The van der Waals surface area contributed by atoms with Crippen LogP contribution in [0.15, 0.2) is 76.1 Å². The van der Waals surface area contributed by atoms with Gasteiger partial charge < -0.3 is 15.0 Å². The predicted molar refractivity (Wildman–Crippen MR) is 168 cm³/mol. The quantitative estimate of drug-likeness (QED) is 0.265. The maximum absolute atomic E-state index is 14.2. The third-order valence-corrected chi connectivity index (χ3v) is 9.97. The van der Waals surface area contributed by atoms with Crippen molar-refractivity contribution in [3.8, 4) is 5.75 Å². The highest BCUT2D eigenvalue weighted by molar-refractivity contribution is 9.10. The number of sulfonamides is 1. The van der Waals surface area contributed by atoms with Crippen LogP contribution in [-0.4, -0.2) is 50.9 Å². The van der Waals surface area contributed by atoms with E-state index in [0.29, 0.717) is 0 Å². The molecule has 1 atom stereocenters. The minimum atomic E-state index is -4.25. The molecule has 2 amide bonds. The van der Waals surface area contributed by atoms with Crippen LogP contribution in [0.5, 0.6) is 5.75 Å². The minimum Gasteiger partial charge on any atom is -0.495 e. The Kier molecular flexibility index (Phi) is 10.6. The number of benzene rings is 3. The summed E-state index contributed by atoms with van der Waals surface area (Å²) < 4.78 is 35.5. The van der Waals surface area contributed by atoms with Gasteiger partial charge in [0.05, 0.1) is 17.7 Å². The molecule has 0 bridgehead atoms. The zero-order chi connectivity index (χ0) is 30.4. The highest BCUT2D eigenvalue weighted by Crippen LogP contribution is 2.35. The first-order chi connectivity index (χ1) is 20.0. The zero-order valence-electron chi connectivity index (χ0n) is 23.8. The van der Waals surface area contributed by atoms with E-state index in [9.17, 15) is 18.0 Å². The van der Waals surface area contributed by atoms with E-state index < -0.39 is 28.5 Å². The van der Waals surface area contributed by atoms with Gasteiger partial charge in [0.1, 0.15) is 18.3 Å². The number of methoxy groups -OCH3 is 1. The van der Waals surface area contributed by atoms with Gasteiger partial charge in [-0.05, 0) is 74.7 Å². The van der Waals surface area contributed by atoms with Crippen molar-refractivity contribution in [1.29, 1.82) is 0 Å². The summed E-state index contributed by atoms with van der Waals surface area (Å²) >= 11 is 9.73. The molecule has 11 heteroatoms. The van der Waals surface area contributed by atoms with Crippen molar-refractivity contribution < 1.29 is 22.7 Å². The number of amides is 2. The maximum atomic E-state index is 14.2. The molecule has 3 aromatic carbocycles. The predicted octanol–water partition coefficient (Wildman–Crippen LogP) is 6.09. The summed E-state index contributed by atoms with van der Waals surface area (Å²) in [6.45, 7) is 3.05. The van der Waals surface area contributed by atoms with E-state index in [1.165, 1.54) is 30.2 Å². The molecule has 0 saturated heterocycles. The molecule has 224 valence electrons. The van der Waals surface area contributed by atoms with Crippen LogP contribution in [0.2, 0.25) is 5.02 Å². The van der Waals surface area contributed by atoms with E-state index in [0.717, 1.165) is 45.6 Å². The van der Waals surface area contributed by atoms with Gasteiger partial charge in [-0.2, -0.15) is 0 Å². The van der Waals surface area contributed by atoms with Crippen LogP contribution in [0, 0.1) is 6.92 Å². The van der Waals surface area contributed by atoms with E-state index in [-0.39, 0.29) is 39.8 Å². The molecular formula is C31H35BrClN3O5S. The van der Waals surface area contributed by atoms with Gasteiger partial charge in [0.15, 0.2) is 0 Å². The SMILES string of the molecule is COc1ccc(Cl)cc1N(CC(=O)N(Cc1ccc(Br)cc1)[C@@H](C)C(=O)NC1CCCC1)S(=O)(=O)c1ccc(C)cc1. The number of halogens is 2. The highest BCUT2D eigenvalue weighted by Gasteiger charge is 2.34. The molecular weight excluding hydrogens is 642 g/mol. The van der Waals surface area contributed by atoms with Crippen molar-refractivity contribution in [2.45, 2.75) is 63.1 Å². The van der Waals surface area contributed by atoms with Crippen LogP contribution >= 0.6 is 27.5 Å². The summed E-state index contributed by atoms with van der Waals surface area (Å²) in [4.78, 5) is 28.9. The molecule has 0 spiro atoms. The number of nitrogens with zero attached hydrogens (tertiary/aromatic N) is 2. The number of hydrogen-bond acceptors (Lipinski definition) is 5. The fourth-order valence-corrected chi connectivity index (χ4v) is 6.82. The second-order valence-electron chi connectivity index (χ2n) is 10.5. The average Bonchev–Trinajstić information content (AvgIpc) is 3.48. The van der Waals surface area contributed by atoms with Gasteiger partial charge in [-0.25, -0.2) is 8.42 Å². The molecule has 42 heavy (non-hydrogen) atoms. The Morgan fingerprint density at radius 1 is 1.05 bits per heavy atom. The Bertz CT molecular complexity index is 1510. The number of ether oxygens (including phenoxy) is 1. The number of nitrogens with one attached hydrogen (secondary N) is 1. The van der Waals surface area contributed by atoms with Crippen molar-refractivity contribution >= 4 is 55.1 Å². The standard InChI is InChI=1S/C31H35BrClN3O5S/c1-21-8-15-27(16-9-21)42(39,40)36(28-18-25(33)14-17-29(28)41-3)20-30(37)35(19-23-10-12-24(32)13-11-23)22(2)31(38)34-26-6-4-5-7-26/h8-18,22,26H,4-7,19-20H2,1-3H3,(H,34,38)/t22-/m0/s1. The molecule has 8 nitrogen and oxygen atoms in total. The Labute approximate surface area is 261 Å². The molecule has 4 rings (SSSR count). The average molecular weight is 677 g/mol. The lowest BCUT2D eigenvalue weighted by molar-refractivity contribution is -0.139. The van der Waals surface area contributed by atoms with Gasteiger partial charge >= 0.3 is 0 Å². The molecule has 0 aromatic heterocycles. The number of anilines is 1. The van der Waals surface area contributed by atoms with Gasteiger partial charge in [-0.15, -0.1) is 0 Å². The summed E-state index contributed by atoms with van der Waals surface area (Å²) in [7, 11) is -2.83. The maximum Gasteiger partial charge on any atom is 0.264 e. The van der Waals surface area contributed by atoms with Gasteiger partial charge in [0.2, 0.25) is 11.8 Å². The second-order valence-corrected chi connectivity index (χ2v) is 13.7. The van der Waals surface area contributed by atoms with Crippen LogP contribution in [-0.2, 0) is 26.2 Å². The molecule has 1 saturated carbocycles. The molecule has 1 N–H and O–H groups in total. The Balaban J connectivity index is 1.73. The molecule has 3 aromatic rings. The van der Waals surface area contributed by atoms with E-state index >= 15 is 0 Å². The van der Waals surface area contributed by atoms with Crippen LogP contribution in [0.1, 0.15) is 43.7 Å².